The molecule has 0 fully saturated rings. The second-order valence-electron chi connectivity index (χ2n) is 6.57. The summed E-state index contributed by atoms with van der Waals surface area (Å²) in [6, 6.07) is 4.43. The molecule has 9 heteroatoms. The molecule has 3 aromatic rings. The summed E-state index contributed by atoms with van der Waals surface area (Å²) in [5, 5.41) is -0.417. The zero-order valence-electron chi connectivity index (χ0n) is 14.7. The average molecular weight is 423 g/mol. The molecule has 0 spiro atoms. The van der Waals surface area contributed by atoms with Crippen LogP contribution in [0.15, 0.2) is 36.8 Å². The molecular weight excluding hydrogens is 409 g/mol. The third kappa shape index (κ3) is 3.14. The fourth-order valence-electron chi connectivity index (χ4n) is 3.34. The number of carbonyl (C=O) groups excluding carboxylic acids is 1. The summed E-state index contributed by atoms with van der Waals surface area (Å²) in [5.74, 6) is -1.33. The minimum absolute atomic E-state index is 0.0696. The van der Waals surface area contributed by atoms with Gasteiger partial charge in [-0.05, 0) is 30.7 Å². The summed E-state index contributed by atoms with van der Waals surface area (Å²) in [5.41, 5.74) is 1.92. The minimum Gasteiger partial charge on any atom is -0.331 e. The Morgan fingerprint density at radius 2 is 1.89 bits per heavy atom. The predicted octanol–water partition coefficient (Wildman–Crippen LogP) is 4.44. The van der Waals surface area contributed by atoms with E-state index in [1.54, 1.807) is 15.7 Å². The van der Waals surface area contributed by atoms with Crippen molar-refractivity contribution in [1.82, 2.24) is 19.4 Å². The molecule has 1 aliphatic rings. The summed E-state index contributed by atoms with van der Waals surface area (Å²) in [6.45, 7) is 2.22. The van der Waals surface area contributed by atoms with Crippen molar-refractivity contribution in [2.75, 3.05) is 0 Å². The predicted molar refractivity (Wildman–Crippen MR) is 101 cm³/mol. The number of rotatable bonds is 2. The van der Waals surface area contributed by atoms with Gasteiger partial charge >= 0.3 is 0 Å². The van der Waals surface area contributed by atoms with Gasteiger partial charge in [-0.3, -0.25) is 9.36 Å². The highest BCUT2D eigenvalue weighted by Crippen LogP contribution is 2.31. The van der Waals surface area contributed by atoms with Crippen molar-refractivity contribution in [1.29, 1.82) is 0 Å². The fourth-order valence-corrected chi connectivity index (χ4v) is 3.79. The molecule has 0 aliphatic carbocycles. The lowest BCUT2D eigenvalue weighted by Crippen LogP contribution is -2.43. The van der Waals surface area contributed by atoms with E-state index in [1.807, 2.05) is 13.0 Å². The summed E-state index contributed by atoms with van der Waals surface area (Å²) in [4.78, 5) is 22.6. The van der Waals surface area contributed by atoms with Gasteiger partial charge in [0.05, 0.1) is 28.0 Å². The average Bonchev–Trinajstić information content (AvgIpc) is 3.08. The van der Waals surface area contributed by atoms with Crippen LogP contribution in [0.2, 0.25) is 10.0 Å². The number of nitrogens with zero attached hydrogens (tertiary/aromatic N) is 4. The first-order valence-electron chi connectivity index (χ1n) is 8.48. The van der Waals surface area contributed by atoms with E-state index < -0.39 is 11.6 Å². The van der Waals surface area contributed by atoms with Crippen molar-refractivity contribution in [2.45, 2.75) is 25.9 Å². The van der Waals surface area contributed by atoms with Crippen LogP contribution < -0.4 is 0 Å². The Morgan fingerprint density at radius 1 is 1.18 bits per heavy atom. The van der Waals surface area contributed by atoms with Gasteiger partial charge in [0.1, 0.15) is 0 Å². The Hall–Kier alpha value is -2.51. The molecule has 4 rings (SSSR count). The Morgan fingerprint density at radius 3 is 2.61 bits per heavy atom. The normalized spacial score (nSPS) is 16.2. The van der Waals surface area contributed by atoms with Gasteiger partial charge in [-0.15, -0.1) is 0 Å². The van der Waals surface area contributed by atoms with Crippen molar-refractivity contribution in [3.05, 3.63) is 75.3 Å². The van der Waals surface area contributed by atoms with Crippen LogP contribution in [0.5, 0.6) is 0 Å². The summed E-state index contributed by atoms with van der Waals surface area (Å²) in [7, 11) is 0. The maximum atomic E-state index is 14.0. The van der Waals surface area contributed by atoms with Crippen LogP contribution >= 0.6 is 23.2 Å². The molecule has 1 unspecified atom stereocenters. The smallest absolute Gasteiger partial charge is 0.256 e. The topological polar surface area (TPSA) is 51.0 Å². The van der Waals surface area contributed by atoms with Gasteiger partial charge in [-0.1, -0.05) is 23.2 Å². The highest BCUT2D eigenvalue weighted by atomic mass is 35.5. The Labute approximate surface area is 169 Å². The fraction of sp³-hybridized carbons (Fsp3) is 0.211. The summed E-state index contributed by atoms with van der Waals surface area (Å²) < 4.78 is 28.9. The Balaban J connectivity index is 1.65. The molecule has 0 saturated carbocycles. The van der Waals surface area contributed by atoms with Crippen LogP contribution in [0.1, 0.15) is 28.5 Å². The lowest BCUT2D eigenvalue weighted by atomic mass is 10.00. The van der Waals surface area contributed by atoms with E-state index in [4.69, 9.17) is 23.2 Å². The second kappa shape index (κ2) is 7.14. The third-order valence-electron chi connectivity index (χ3n) is 4.80. The zero-order chi connectivity index (χ0) is 20.0. The van der Waals surface area contributed by atoms with Gasteiger partial charge in [-0.25, -0.2) is 18.7 Å². The van der Waals surface area contributed by atoms with E-state index in [0.29, 0.717) is 18.9 Å². The van der Waals surface area contributed by atoms with Crippen molar-refractivity contribution < 1.29 is 13.6 Å². The number of halogens is 4. The SMILES string of the molecule is CC1Cc2c(ccn2-c2ncc(F)cn2)CN1C(=O)c1ccc(Cl)c(F)c1Cl. The van der Waals surface area contributed by atoms with E-state index in [0.717, 1.165) is 23.7 Å². The maximum Gasteiger partial charge on any atom is 0.256 e. The van der Waals surface area contributed by atoms with E-state index in [1.165, 1.54) is 12.1 Å². The van der Waals surface area contributed by atoms with Crippen LogP contribution in [-0.4, -0.2) is 31.4 Å². The molecule has 2 aromatic heterocycles. The van der Waals surface area contributed by atoms with Crippen molar-refractivity contribution in [3.63, 3.8) is 0 Å². The largest absolute Gasteiger partial charge is 0.331 e. The van der Waals surface area contributed by atoms with Crippen molar-refractivity contribution in [3.8, 4) is 5.95 Å². The zero-order valence-corrected chi connectivity index (χ0v) is 16.2. The first-order chi connectivity index (χ1) is 13.4. The summed E-state index contributed by atoms with van der Waals surface area (Å²) >= 11 is 11.7. The van der Waals surface area contributed by atoms with Crippen LogP contribution in [0, 0.1) is 11.6 Å². The first kappa shape index (κ1) is 18.8. The molecule has 0 radical (unpaired) electrons. The molecule has 1 aliphatic heterocycles. The van der Waals surface area contributed by atoms with E-state index >= 15 is 0 Å². The molecule has 1 atom stereocenters. The molecular formula is C19H14Cl2F2N4O. The van der Waals surface area contributed by atoms with Crippen LogP contribution in [-0.2, 0) is 13.0 Å². The van der Waals surface area contributed by atoms with E-state index in [9.17, 15) is 13.6 Å². The number of hydrogen-bond acceptors (Lipinski definition) is 3. The molecule has 3 heterocycles. The lowest BCUT2D eigenvalue weighted by molar-refractivity contribution is 0.0656. The van der Waals surface area contributed by atoms with Crippen molar-refractivity contribution >= 4 is 29.1 Å². The summed E-state index contributed by atoms with van der Waals surface area (Å²) in [6.07, 6.45) is 4.53. The second-order valence-corrected chi connectivity index (χ2v) is 7.35. The van der Waals surface area contributed by atoms with Gasteiger partial charge in [0.2, 0.25) is 5.95 Å². The van der Waals surface area contributed by atoms with Gasteiger partial charge < -0.3 is 4.90 Å². The standard InChI is InChI=1S/C19H14Cl2F2N4O/c1-10-6-15-11(4-5-26(15)19-24-7-12(22)8-25-19)9-27(10)18(28)13-2-3-14(20)17(23)16(13)21/h2-5,7-8,10H,6,9H2,1H3. The van der Waals surface area contributed by atoms with Crippen molar-refractivity contribution in [2.24, 2.45) is 0 Å². The molecule has 144 valence electrons. The molecule has 1 amide bonds. The first-order valence-corrected chi connectivity index (χ1v) is 9.24. The molecule has 0 N–H and O–H groups in total. The highest BCUT2D eigenvalue weighted by molar-refractivity contribution is 6.37. The molecule has 1 aromatic carbocycles. The Kier molecular flexibility index (Phi) is 4.81. The number of benzene rings is 1. The van der Waals surface area contributed by atoms with E-state index in [2.05, 4.69) is 9.97 Å². The quantitative estimate of drug-likeness (QED) is 0.573. The highest BCUT2D eigenvalue weighted by Gasteiger charge is 2.31. The van der Waals surface area contributed by atoms with Crippen LogP contribution in [0.25, 0.3) is 5.95 Å². The number of aromatic nitrogens is 3. The monoisotopic (exact) mass is 422 g/mol. The van der Waals surface area contributed by atoms with Gasteiger partial charge in [0.15, 0.2) is 11.6 Å². The third-order valence-corrected chi connectivity index (χ3v) is 5.46. The molecule has 28 heavy (non-hydrogen) atoms. The lowest BCUT2D eigenvalue weighted by Gasteiger charge is -2.34. The van der Waals surface area contributed by atoms with Gasteiger partial charge in [0.25, 0.3) is 5.91 Å². The number of hydrogen-bond donors (Lipinski definition) is 0. The number of amides is 1. The number of fused-ring (bicyclic) bond motifs is 1. The van der Waals surface area contributed by atoms with E-state index in [-0.39, 0.29) is 27.6 Å². The van der Waals surface area contributed by atoms with Gasteiger partial charge in [0, 0.05) is 30.9 Å². The molecule has 0 saturated heterocycles. The van der Waals surface area contributed by atoms with Gasteiger partial charge in [-0.2, -0.15) is 0 Å². The maximum absolute atomic E-state index is 14.0. The van der Waals surface area contributed by atoms with Crippen LogP contribution in [0.3, 0.4) is 0 Å². The molecule has 5 nitrogen and oxygen atoms in total. The van der Waals surface area contributed by atoms with Crippen LogP contribution in [0.4, 0.5) is 8.78 Å². The molecule has 0 bridgehead atoms. The Bertz CT molecular complexity index is 1070. The number of carbonyl (C=O) groups is 1. The minimum atomic E-state index is -0.806.